The lowest BCUT2D eigenvalue weighted by molar-refractivity contribution is 0.102. The van der Waals surface area contributed by atoms with Crippen molar-refractivity contribution in [1.29, 1.82) is 0 Å². The molecule has 126 valence electrons. The number of hydrogen-bond donors (Lipinski definition) is 3. The van der Waals surface area contributed by atoms with Crippen LogP contribution in [0.5, 0.6) is 5.75 Å². The van der Waals surface area contributed by atoms with Crippen molar-refractivity contribution in [2.45, 2.75) is 13.8 Å². The third kappa shape index (κ3) is 4.11. The van der Waals surface area contributed by atoms with E-state index in [1.54, 1.807) is 36.4 Å². The molecule has 0 unspecified atom stereocenters. The van der Waals surface area contributed by atoms with Gasteiger partial charge in [-0.15, -0.1) is 0 Å². The van der Waals surface area contributed by atoms with Gasteiger partial charge in [0.2, 0.25) is 5.95 Å². The highest BCUT2D eigenvalue weighted by molar-refractivity contribution is 6.05. The van der Waals surface area contributed by atoms with Crippen LogP contribution in [0, 0.1) is 13.8 Å². The second-order valence-corrected chi connectivity index (χ2v) is 5.65. The zero-order chi connectivity index (χ0) is 17.8. The van der Waals surface area contributed by atoms with Crippen LogP contribution < -0.4 is 10.6 Å². The van der Waals surface area contributed by atoms with Crippen LogP contribution >= 0.6 is 0 Å². The molecular formula is C19H18N4O2. The molecule has 0 aliphatic rings. The lowest BCUT2D eigenvalue weighted by Crippen LogP contribution is -2.12. The van der Waals surface area contributed by atoms with Crippen molar-refractivity contribution in [3.63, 3.8) is 0 Å². The first-order valence-corrected chi connectivity index (χ1v) is 7.80. The minimum absolute atomic E-state index is 0.0220. The average molecular weight is 334 g/mol. The fourth-order valence-corrected chi connectivity index (χ4v) is 2.42. The zero-order valence-corrected chi connectivity index (χ0v) is 13.9. The van der Waals surface area contributed by atoms with E-state index in [4.69, 9.17) is 0 Å². The molecule has 1 heterocycles. The first-order chi connectivity index (χ1) is 12.0. The van der Waals surface area contributed by atoms with Gasteiger partial charge < -0.3 is 15.7 Å². The number of aromatic hydroxyl groups is 1. The molecule has 0 saturated carbocycles. The summed E-state index contributed by atoms with van der Waals surface area (Å²) in [6.45, 7) is 3.80. The summed E-state index contributed by atoms with van der Waals surface area (Å²) in [5, 5.41) is 15.6. The normalized spacial score (nSPS) is 10.3. The summed E-state index contributed by atoms with van der Waals surface area (Å²) in [7, 11) is 0. The minimum atomic E-state index is -0.313. The van der Waals surface area contributed by atoms with Gasteiger partial charge in [0.25, 0.3) is 5.91 Å². The highest BCUT2D eigenvalue weighted by atomic mass is 16.3. The van der Waals surface area contributed by atoms with Crippen LogP contribution in [0.25, 0.3) is 0 Å². The Morgan fingerprint density at radius 2 is 1.68 bits per heavy atom. The fraction of sp³-hybridized carbons (Fsp3) is 0.105. The third-order valence-electron chi connectivity index (χ3n) is 3.52. The second-order valence-electron chi connectivity index (χ2n) is 5.65. The number of aromatic nitrogens is 2. The van der Waals surface area contributed by atoms with Crippen molar-refractivity contribution in [2.75, 3.05) is 10.6 Å². The molecule has 3 rings (SSSR count). The van der Waals surface area contributed by atoms with Crippen molar-refractivity contribution in [2.24, 2.45) is 0 Å². The second kappa shape index (κ2) is 7.00. The Balaban J connectivity index is 1.79. The highest BCUT2D eigenvalue weighted by Crippen LogP contribution is 2.23. The number of phenolic OH excluding ortho intramolecular Hbond substituents is 1. The minimum Gasteiger partial charge on any atom is -0.506 e. The maximum absolute atomic E-state index is 12.4. The number of para-hydroxylation sites is 2. The number of anilines is 3. The van der Waals surface area contributed by atoms with Gasteiger partial charge in [0, 0.05) is 22.6 Å². The maximum Gasteiger partial charge on any atom is 0.255 e. The molecule has 0 bridgehead atoms. The first kappa shape index (κ1) is 16.4. The summed E-state index contributed by atoms with van der Waals surface area (Å²) in [6, 6.07) is 15.5. The molecule has 0 atom stereocenters. The number of phenols is 1. The smallest absolute Gasteiger partial charge is 0.255 e. The Morgan fingerprint density at radius 1 is 0.960 bits per heavy atom. The van der Waals surface area contributed by atoms with Crippen molar-refractivity contribution >= 4 is 23.2 Å². The van der Waals surface area contributed by atoms with Gasteiger partial charge in [-0.1, -0.05) is 18.2 Å². The number of benzene rings is 2. The van der Waals surface area contributed by atoms with Crippen molar-refractivity contribution in [1.82, 2.24) is 9.97 Å². The van der Waals surface area contributed by atoms with E-state index >= 15 is 0 Å². The summed E-state index contributed by atoms with van der Waals surface area (Å²) in [5.41, 5.74) is 3.25. The molecule has 6 heteroatoms. The number of amides is 1. The number of aryl methyl sites for hydroxylation is 2. The Morgan fingerprint density at radius 3 is 2.40 bits per heavy atom. The lowest BCUT2D eigenvalue weighted by atomic mass is 10.2. The molecule has 25 heavy (non-hydrogen) atoms. The van der Waals surface area contributed by atoms with Crippen LogP contribution in [-0.2, 0) is 0 Å². The third-order valence-corrected chi connectivity index (χ3v) is 3.52. The van der Waals surface area contributed by atoms with Gasteiger partial charge >= 0.3 is 0 Å². The predicted octanol–water partition coefficient (Wildman–Crippen LogP) is 3.79. The van der Waals surface area contributed by atoms with Crippen LogP contribution in [0.3, 0.4) is 0 Å². The van der Waals surface area contributed by atoms with Gasteiger partial charge in [-0.2, -0.15) is 0 Å². The van der Waals surface area contributed by atoms with Crippen molar-refractivity contribution < 1.29 is 9.90 Å². The fourth-order valence-electron chi connectivity index (χ4n) is 2.42. The number of nitrogens with one attached hydrogen (secondary N) is 2. The lowest BCUT2D eigenvalue weighted by Gasteiger charge is -2.10. The van der Waals surface area contributed by atoms with E-state index < -0.39 is 0 Å². The Labute approximate surface area is 145 Å². The molecule has 3 aromatic rings. The monoisotopic (exact) mass is 334 g/mol. The van der Waals surface area contributed by atoms with Gasteiger partial charge in [0.15, 0.2) is 0 Å². The summed E-state index contributed by atoms with van der Waals surface area (Å²) in [6.07, 6.45) is 0. The highest BCUT2D eigenvalue weighted by Gasteiger charge is 2.10. The van der Waals surface area contributed by atoms with E-state index in [1.807, 2.05) is 26.0 Å². The molecule has 3 N–H and O–H groups in total. The maximum atomic E-state index is 12.4. The van der Waals surface area contributed by atoms with E-state index in [0.29, 0.717) is 22.9 Å². The van der Waals surface area contributed by atoms with Crippen molar-refractivity contribution in [3.8, 4) is 5.75 Å². The first-order valence-electron chi connectivity index (χ1n) is 7.80. The number of carbonyl (C=O) groups excluding carboxylic acids is 1. The van der Waals surface area contributed by atoms with E-state index in [1.165, 1.54) is 6.07 Å². The summed E-state index contributed by atoms with van der Waals surface area (Å²) < 4.78 is 0. The Kier molecular flexibility index (Phi) is 4.61. The van der Waals surface area contributed by atoms with Gasteiger partial charge in [-0.25, -0.2) is 9.97 Å². The number of carbonyl (C=O) groups is 1. The Bertz CT molecular complexity index is 905. The van der Waals surface area contributed by atoms with Gasteiger partial charge in [-0.3, -0.25) is 4.79 Å². The topological polar surface area (TPSA) is 87.1 Å². The average Bonchev–Trinajstić information content (AvgIpc) is 2.56. The van der Waals surface area contributed by atoms with Crippen LogP contribution in [0.4, 0.5) is 17.3 Å². The summed E-state index contributed by atoms with van der Waals surface area (Å²) in [4.78, 5) is 21.1. The molecule has 0 aliphatic carbocycles. The predicted molar refractivity (Wildman–Crippen MR) is 97.3 cm³/mol. The van der Waals surface area contributed by atoms with E-state index in [-0.39, 0.29) is 11.7 Å². The zero-order valence-electron chi connectivity index (χ0n) is 13.9. The van der Waals surface area contributed by atoms with Gasteiger partial charge in [0.1, 0.15) is 5.75 Å². The van der Waals surface area contributed by atoms with Crippen LogP contribution in [-0.4, -0.2) is 21.0 Å². The van der Waals surface area contributed by atoms with Gasteiger partial charge in [0.05, 0.1) is 5.69 Å². The number of rotatable bonds is 4. The molecule has 0 aliphatic heterocycles. The molecule has 0 spiro atoms. The number of hydrogen-bond acceptors (Lipinski definition) is 5. The van der Waals surface area contributed by atoms with Crippen molar-refractivity contribution in [3.05, 3.63) is 71.5 Å². The molecular weight excluding hydrogens is 316 g/mol. The van der Waals surface area contributed by atoms with Crippen LogP contribution in [0.15, 0.2) is 54.6 Å². The SMILES string of the molecule is Cc1cc(C)nc(Nc2cccc(C(=O)Nc3ccccc3O)c2)n1. The number of nitrogens with zero attached hydrogens (tertiary/aromatic N) is 2. The molecule has 2 aromatic carbocycles. The van der Waals surface area contributed by atoms with E-state index in [9.17, 15) is 9.90 Å². The molecule has 0 radical (unpaired) electrons. The largest absolute Gasteiger partial charge is 0.506 e. The molecule has 1 aromatic heterocycles. The van der Waals surface area contributed by atoms with E-state index in [2.05, 4.69) is 20.6 Å². The summed E-state index contributed by atoms with van der Waals surface area (Å²) in [5.74, 6) is 0.191. The quantitative estimate of drug-likeness (QED) is 0.632. The van der Waals surface area contributed by atoms with Crippen LogP contribution in [0.1, 0.15) is 21.7 Å². The molecule has 0 saturated heterocycles. The van der Waals surface area contributed by atoms with Crippen LogP contribution in [0.2, 0.25) is 0 Å². The van der Waals surface area contributed by atoms with E-state index in [0.717, 1.165) is 11.4 Å². The Hall–Kier alpha value is -3.41. The summed E-state index contributed by atoms with van der Waals surface area (Å²) >= 11 is 0. The standard InChI is InChI=1S/C19H18N4O2/c1-12-10-13(2)21-19(20-12)22-15-7-5-6-14(11-15)18(25)23-16-8-3-4-9-17(16)24/h3-11,24H,1-2H3,(H,23,25)(H,20,21,22). The van der Waals surface area contributed by atoms with Gasteiger partial charge in [-0.05, 0) is 50.2 Å². The molecule has 6 nitrogen and oxygen atoms in total. The molecule has 1 amide bonds. The molecule has 0 fully saturated rings.